The number of piperazine rings is 2. The van der Waals surface area contributed by atoms with Crippen molar-refractivity contribution in [1.29, 1.82) is 0 Å². The summed E-state index contributed by atoms with van der Waals surface area (Å²) in [6, 6.07) is 0.700. The van der Waals surface area contributed by atoms with Crippen LogP contribution in [0, 0.1) is 0 Å². The molecule has 1 aromatic rings. The van der Waals surface area contributed by atoms with Crippen LogP contribution in [0.25, 0.3) is 0 Å². The quantitative estimate of drug-likeness (QED) is 0.787. The van der Waals surface area contributed by atoms with Gasteiger partial charge in [-0.25, -0.2) is 4.98 Å². The van der Waals surface area contributed by atoms with E-state index in [0.29, 0.717) is 6.04 Å². The van der Waals surface area contributed by atoms with E-state index < -0.39 is 0 Å². The molecular weight excluding hydrogens is 306 g/mol. The van der Waals surface area contributed by atoms with Gasteiger partial charge in [0.2, 0.25) is 0 Å². The van der Waals surface area contributed by atoms with E-state index in [1.54, 1.807) is 11.3 Å². The molecule has 0 radical (unpaired) electrons. The first-order chi connectivity index (χ1) is 11.2. The molecule has 0 saturated carbocycles. The van der Waals surface area contributed by atoms with E-state index in [0.717, 1.165) is 13.1 Å². The molecule has 5 nitrogen and oxygen atoms in total. The predicted molar refractivity (Wildman–Crippen MR) is 98.5 cm³/mol. The lowest BCUT2D eigenvalue weighted by molar-refractivity contribution is 0.104. The van der Waals surface area contributed by atoms with E-state index >= 15 is 0 Å². The van der Waals surface area contributed by atoms with Gasteiger partial charge in [-0.1, -0.05) is 0 Å². The summed E-state index contributed by atoms with van der Waals surface area (Å²) in [5.41, 5.74) is 0. The van der Waals surface area contributed by atoms with Crippen LogP contribution in [-0.4, -0.2) is 91.2 Å². The average Bonchev–Trinajstić information content (AvgIpc) is 3.10. The van der Waals surface area contributed by atoms with Gasteiger partial charge in [0, 0.05) is 70.0 Å². The van der Waals surface area contributed by atoms with Gasteiger partial charge < -0.3 is 9.80 Å². The first kappa shape index (κ1) is 17.1. The van der Waals surface area contributed by atoms with E-state index in [9.17, 15) is 0 Å². The third-order valence-electron chi connectivity index (χ3n) is 5.15. The monoisotopic (exact) mass is 337 g/mol. The molecule has 1 aromatic heterocycles. The highest BCUT2D eigenvalue weighted by atomic mass is 32.1. The maximum atomic E-state index is 4.42. The normalized spacial score (nSPS) is 22.1. The summed E-state index contributed by atoms with van der Waals surface area (Å²) in [6.07, 6.45) is 3.21. The van der Waals surface area contributed by atoms with E-state index in [4.69, 9.17) is 0 Å². The van der Waals surface area contributed by atoms with Crippen molar-refractivity contribution in [2.24, 2.45) is 0 Å². The van der Waals surface area contributed by atoms with Crippen LogP contribution < -0.4 is 4.90 Å². The fraction of sp³-hybridized carbons (Fsp3) is 0.824. The second kappa shape index (κ2) is 8.42. The minimum Gasteiger partial charge on any atom is -0.346 e. The Kier molecular flexibility index (Phi) is 6.28. The average molecular weight is 338 g/mol. The summed E-state index contributed by atoms with van der Waals surface area (Å²) in [6.45, 7) is 16.7. The molecule has 2 fully saturated rings. The summed E-state index contributed by atoms with van der Waals surface area (Å²) < 4.78 is 0. The maximum absolute atomic E-state index is 4.42. The highest BCUT2D eigenvalue weighted by molar-refractivity contribution is 7.13. The van der Waals surface area contributed by atoms with Gasteiger partial charge in [0.05, 0.1) is 0 Å². The molecule has 0 aromatic carbocycles. The summed E-state index contributed by atoms with van der Waals surface area (Å²) in [5, 5.41) is 3.26. The molecular formula is C17H31N5S. The molecule has 0 bridgehead atoms. The molecule has 2 saturated heterocycles. The maximum Gasteiger partial charge on any atom is 0.185 e. The van der Waals surface area contributed by atoms with Gasteiger partial charge in [0.1, 0.15) is 0 Å². The lowest BCUT2D eigenvalue weighted by atomic mass is 10.2. The second-order valence-electron chi connectivity index (χ2n) is 6.97. The molecule has 6 heteroatoms. The molecule has 2 aliphatic rings. The van der Waals surface area contributed by atoms with E-state index in [1.807, 2.05) is 6.20 Å². The SMILES string of the molecule is CC(C)N1CCN(CCCN2CCN(c3nccs3)CC2)CC1. The summed E-state index contributed by atoms with van der Waals surface area (Å²) in [7, 11) is 0. The number of hydrogen-bond acceptors (Lipinski definition) is 6. The van der Waals surface area contributed by atoms with Crippen molar-refractivity contribution in [3.63, 3.8) is 0 Å². The van der Waals surface area contributed by atoms with Gasteiger partial charge in [-0.2, -0.15) is 0 Å². The molecule has 130 valence electrons. The zero-order valence-corrected chi connectivity index (χ0v) is 15.5. The Balaban J connectivity index is 1.29. The lowest BCUT2D eigenvalue weighted by Crippen LogP contribution is -2.50. The second-order valence-corrected chi connectivity index (χ2v) is 7.84. The Bertz CT molecular complexity index is 434. The Morgan fingerprint density at radius 3 is 2.09 bits per heavy atom. The minimum absolute atomic E-state index is 0.700. The summed E-state index contributed by atoms with van der Waals surface area (Å²) in [5.74, 6) is 0. The molecule has 0 N–H and O–H groups in total. The van der Waals surface area contributed by atoms with Gasteiger partial charge in [0.15, 0.2) is 5.13 Å². The predicted octanol–water partition coefficient (Wildman–Crippen LogP) is 1.68. The largest absolute Gasteiger partial charge is 0.346 e. The third kappa shape index (κ3) is 4.89. The van der Waals surface area contributed by atoms with E-state index in [-0.39, 0.29) is 0 Å². The standard InChI is InChI=1S/C17H31N5S/c1-16(2)21-11-7-19(8-12-21)5-3-6-20-9-13-22(14-10-20)17-18-4-15-23-17/h4,15-16H,3,5-14H2,1-2H3. The molecule has 23 heavy (non-hydrogen) atoms. The van der Waals surface area contributed by atoms with Crippen LogP contribution >= 0.6 is 11.3 Å². The molecule has 0 aliphatic carbocycles. The van der Waals surface area contributed by atoms with Crippen LogP contribution in [0.15, 0.2) is 11.6 Å². The zero-order valence-electron chi connectivity index (χ0n) is 14.7. The van der Waals surface area contributed by atoms with Crippen LogP contribution in [0.2, 0.25) is 0 Å². The zero-order chi connectivity index (χ0) is 16.1. The Morgan fingerprint density at radius 1 is 0.957 bits per heavy atom. The fourth-order valence-electron chi connectivity index (χ4n) is 3.56. The number of nitrogens with zero attached hydrogens (tertiary/aromatic N) is 5. The minimum atomic E-state index is 0.700. The highest BCUT2D eigenvalue weighted by Gasteiger charge is 2.20. The summed E-state index contributed by atoms with van der Waals surface area (Å²) >= 11 is 1.76. The number of anilines is 1. The molecule has 3 heterocycles. The Morgan fingerprint density at radius 2 is 1.57 bits per heavy atom. The fourth-order valence-corrected chi connectivity index (χ4v) is 4.25. The number of rotatable bonds is 6. The van der Waals surface area contributed by atoms with Crippen molar-refractivity contribution in [3.8, 4) is 0 Å². The van der Waals surface area contributed by atoms with E-state index in [2.05, 4.69) is 43.8 Å². The molecule has 0 unspecified atom stereocenters. The van der Waals surface area contributed by atoms with E-state index in [1.165, 1.54) is 63.9 Å². The first-order valence-corrected chi connectivity index (χ1v) is 9.93. The van der Waals surface area contributed by atoms with Crippen LogP contribution in [0.1, 0.15) is 20.3 Å². The topological polar surface area (TPSA) is 25.9 Å². The third-order valence-corrected chi connectivity index (χ3v) is 5.98. The Hall–Kier alpha value is -0.690. The van der Waals surface area contributed by atoms with Gasteiger partial charge >= 0.3 is 0 Å². The summed E-state index contributed by atoms with van der Waals surface area (Å²) in [4.78, 5) is 14.7. The molecule has 2 aliphatic heterocycles. The van der Waals surface area contributed by atoms with Crippen LogP contribution in [-0.2, 0) is 0 Å². The van der Waals surface area contributed by atoms with Crippen molar-refractivity contribution in [3.05, 3.63) is 11.6 Å². The molecule has 0 amide bonds. The Labute approximate surface area is 144 Å². The smallest absolute Gasteiger partial charge is 0.185 e. The highest BCUT2D eigenvalue weighted by Crippen LogP contribution is 2.18. The van der Waals surface area contributed by atoms with Gasteiger partial charge in [-0.15, -0.1) is 11.3 Å². The van der Waals surface area contributed by atoms with Crippen molar-refractivity contribution in [1.82, 2.24) is 19.7 Å². The number of thiazole rings is 1. The first-order valence-electron chi connectivity index (χ1n) is 9.05. The lowest BCUT2D eigenvalue weighted by Gasteiger charge is -2.38. The number of aromatic nitrogens is 1. The molecule has 3 rings (SSSR count). The van der Waals surface area contributed by atoms with Crippen LogP contribution in [0.3, 0.4) is 0 Å². The van der Waals surface area contributed by atoms with Gasteiger partial charge in [-0.05, 0) is 33.4 Å². The van der Waals surface area contributed by atoms with Gasteiger partial charge in [-0.3, -0.25) is 9.80 Å². The van der Waals surface area contributed by atoms with Crippen molar-refractivity contribution >= 4 is 16.5 Å². The molecule has 0 atom stereocenters. The van der Waals surface area contributed by atoms with Crippen molar-refractivity contribution < 1.29 is 0 Å². The van der Waals surface area contributed by atoms with Crippen LogP contribution in [0.5, 0.6) is 0 Å². The molecule has 0 spiro atoms. The van der Waals surface area contributed by atoms with Crippen molar-refractivity contribution in [2.45, 2.75) is 26.3 Å². The van der Waals surface area contributed by atoms with Crippen molar-refractivity contribution in [2.75, 3.05) is 70.3 Å². The van der Waals surface area contributed by atoms with Crippen LogP contribution in [0.4, 0.5) is 5.13 Å². The number of hydrogen-bond donors (Lipinski definition) is 0. The van der Waals surface area contributed by atoms with Gasteiger partial charge in [0.25, 0.3) is 0 Å².